The molecule has 1 aromatic rings. The maximum Gasteiger partial charge on any atom is 0.349 e. The Hall–Kier alpha value is -2.58. The summed E-state index contributed by atoms with van der Waals surface area (Å²) in [6.07, 6.45) is -16.9. The number of ether oxygens (including phenoxy) is 4. The van der Waals surface area contributed by atoms with Crippen molar-refractivity contribution < 1.29 is 64.5 Å². The van der Waals surface area contributed by atoms with Gasteiger partial charge in [0.05, 0.1) is 29.1 Å². The maximum atomic E-state index is 11.1. The van der Waals surface area contributed by atoms with E-state index in [9.17, 15) is 56.0 Å². The van der Waals surface area contributed by atoms with Crippen LogP contribution >= 0.6 is 0 Å². The lowest BCUT2D eigenvalue weighted by Crippen LogP contribution is -2.65. The van der Waals surface area contributed by atoms with Crippen LogP contribution in [0.4, 0.5) is 11.4 Å². The number of nitrogens with zero attached hydrogens (tertiary/aromatic N) is 2. The molecular formula is C18H24N2O15. The van der Waals surface area contributed by atoms with Crippen molar-refractivity contribution >= 4 is 11.4 Å². The lowest BCUT2D eigenvalue weighted by Gasteiger charge is -2.45. The Bertz CT molecular complexity index is 914. The zero-order valence-corrected chi connectivity index (χ0v) is 17.7. The summed E-state index contributed by atoms with van der Waals surface area (Å²) in [7, 11) is 0. The third-order valence-corrected chi connectivity index (χ3v) is 5.55. The first-order valence-electron chi connectivity index (χ1n) is 10.2. The van der Waals surface area contributed by atoms with E-state index < -0.39 is 95.8 Å². The van der Waals surface area contributed by atoms with Crippen LogP contribution in [0.2, 0.25) is 0 Å². The lowest BCUT2D eigenvalue weighted by molar-refractivity contribution is -0.422. The van der Waals surface area contributed by atoms with E-state index in [0.29, 0.717) is 6.07 Å². The van der Waals surface area contributed by atoms with Gasteiger partial charge in [-0.1, -0.05) is 0 Å². The Balaban J connectivity index is 1.76. The minimum atomic E-state index is -1.90. The molecule has 0 amide bonds. The number of rotatable bonds is 8. The molecule has 7 N–H and O–H groups in total. The Morgan fingerprint density at radius 2 is 1.34 bits per heavy atom. The highest BCUT2D eigenvalue weighted by molar-refractivity contribution is 5.55. The van der Waals surface area contributed by atoms with Crippen molar-refractivity contribution in [2.24, 2.45) is 0 Å². The van der Waals surface area contributed by atoms with Crippen molar-refractivity contribution in [3.63, 3.8) is 0 Å². The van der Waals surface area contributed by atoms with Crippen LogP contribution in [-0.2, 0) is 14.2 Å². The Labute approximate surface area is 195 Å². The van der Waals surface area contributed by atoms with E-state index in [0.717, 1.165) is 12.1 Å². The molecule has 3 rings (SSSR count). The largest absolute Gasteiger partial charge is 0.462 e. The van der Waals surface area contributed by atoms with Crippen molar-refractivity contribution in [1.82, 2.24) is 0 Å². The molecule has 2 heterocycles. The Kier molecular flexibility index (Phi) is 8.49. The predicted molar refractivity (Wildman–Crippen MR) is 107 cm³/mol. The van der Waals surface area contributed by atoms with Gasteiger partial charge in [-0.25, -0.2) is 0 Å². The summed E-state index contributed by atoms with van der Waals surface area (Å²) in [4.78, 5) is 20.1. The fourth-order valence-corrected chi connectivity index (χ4v) is 3.66. The molecule has 0 bridgehead atoms. The second-order valence-electron chi connectivity index (χ2n) is 7.79. The zero-order valence-electron chi connectivity index (χ0n) is 17.7. The first-order chi connectivity index (χ1) is 16.5. The van der Waals surface area contributed by atoms with Gasteiger partial charge in [0.15, 0.2) is 6.29 Å². The Morgan fingerprint density at radius 3 is 1.91 bits per heavy atom. The van der Waals surface area contributed by atoms with Gasteiger partial charge < -0.3 is 54.7 Å². The van der Waals surface area contributed by atoms with Crippen LogP contribution < -0.4 is 4.74 Å². The van der Waals surface area contributed by atoms with Gasteiger partial charge in [0.1, 0.15) is 54.6 Å². The van der Waals surface area contributed by atoms with Crippen LogP contribution in [0.15, 0.2) is 18.2 Å². The van der Waals surface area contributed by atoms with Crippen LogP contribution in [0.1, 0.15) is 0 Å². The average Bonchev–Trinajstić information content (AvgIpc) is 2.83. The number of aliphatic hydroxyl groups excluding tert-OH is 7. The fraction of sp³-hybridized carbons (Fsp3) is 0.667. The number of benzene rings is 1. The zero-order chi connectivity index (χ0) is 26.0. The van der Waals surface area contributed by atoms with E-state index >= 15 is 0 Å². The quantitative estimate of drug-likeness (QED) is 0.133. The van der Waals surface area contributed by atoms with E-state index in [1.807, 2.05) is 0 Å². The molecule has 0 radical (unpaired) electrons. The normalized spacial score (nSPS) is 37.6. The van der Waals surface area contributed by atoms with Crippen molar-refractivity contribution in [2.75, 3.05) is 13.2 Å². The smallest absolute Gasteiger partial charge is 0.349 e. The van der Waals surface area contributed by atoms with Crippen LogP contribution in [0.3, 0.4) is 0 Å². The lowest BCUT2D eigenvalue weighted by atomic mass is 9.97. The number of aliphatic hydroxyl groups is 7. The first-order valence-corrected chi connectivity index (χ1v) is 10.2. The molecule has 2 fully saturated rings. The monoisotopic (exact) mass is 508 g/mol. The minimum Gasteiger partial charge on any atom is -0.462 e. The molecule has 2 aliphatic rings. The second kappa shape index (κ2) is 11.0. The predicted octanol–water partition coefficient (Wildman–Crippen LogP) is -3.49. The fourth-order valence-electron chi connectivity index (χ4n) is 3.66. The molecule has 35 heavy (non-hydrogen) atoms. The molecule has 0 aliphatic carbocycles. The van der Waals surface area contributed by atoms with E-state index in [1.165, 1.54) is 0 Å². The number of hydrogen-bond acceptors (Lipinski definition) is 15. The first kappa shape index (κ1) is 27.0. The molecule has 2 saturated heterocycles. The van der Waals surface area contributed by atoms with Gasteiger partial charge in [-0.3, -0.25) is 20.2 Å². The standard InChI is InChI=1S/C18H24N2O15/c21-4-9-11(23)12(24)14(26)18(33-9)35-16-10(5-22)34-17(15(27)13(16)25)32-6-1-2-7(19(28)29)8(3-6)20(30)31/h1-3,9-18,21-27H,4-5H2/t9-,10-,11+,12+,13+,14+,15-,16-,17-,18+/m1/s1. The Morgan fingerprint density at radius 1 is 0.771 bits per heavy atom. The number of hydrogen-bond donors (Lipinski definition) is 7. The van der Waals surface area contributed by atoms with Gasteiger partial charge in [0.25, 0.3) is 0 Å². The van der Waals surface area contributed by atoms with Crippen LogP contribution in [-0.4, -0.2) is 120 Å². The molecular weight excluding hydrogens is 484 g/mol. The van der Waals surface area contributed by atoms with Gasteiger partial charge in [0, 0.05) is 6.07 Å². The SMILES string of the molecule is O=[N+]([O-])c1ccc(O[C@@H]2O[C@H](CO)[C@@H](O[C@@H]3O[C@H](CO)[C@H](O)[C@H](O)[C@@H]3O)[C@@H](O)[C@H]2O)cc1[N+](=O)[O-]. The summed E-state index contributed by atoms with van der Waals surface area (Å²) in [6.45, 7) is -1.58. The van der Waals surface area contributed by atoms with Crippen molar-refractivity contribution in [3.05, 3.63) is 38.4 Å². The maximum absolute atomic E-state index is 11.1. The molecule has 1 aromatic carbocycles. The summed E-state index contributed by atoms with van der Waals surface area (Å²) >= 11 is 0. The summed E-state index contributed by atoms with van der Waals surface area (Å²) in [5.41, 5.74) is -1.71. The van der Waals surface area contributed by atoms with Gasteiger partial charge in [0.2, 0.25) is 6.29 Å². The number of nitro benzene ring substituents is 2. The van der Waals surface area contributed by atoms with Crippen LogP contribution in [0.25, 0.3) is 0 Å². The molecule has 2 aliphatic heterocycles. The van der Waals surface area contributed by atoms with Crippen LogP contribution in [0.5, 0.6) is 5.75 Å². The third-order valence-electron chi connectivity index (χ3n) is 5.55. The highest BCUT2D eigenvalue weighted by Crippen LogP contribution is 2.34. The van der Waals surface area contributed by atoms with Crippen LogP contribution in [0, 0.1) is 20.2 Å². The van der Waals surface area contributed by atoms with E-state index in [2.05, 4.69) is 0 Å². The molecule has 0 saturated carbocycles. The highest BCUT2D eigenvalue weighted by Gasteiger charge is 2.51. The molecule has 17 nitrogen and oxygen atoms in total. The van der Waals surface area contributed by atoms with Crippen molar-refractivity contribution in [2.45, 2.75) is 61.4 Å². The van der Waals surface area contributed by atoms with Gasteiger partial charge in [-0.15, -0.1) is 0 Å². The molecule has 0 aromatic heterocycles. The van der Waals surface area contributed by atoms with Gasteiger partial charge >= 0.3 is 11.4 Å². The second-order valence-corrected chi connectivity index (χ2v) is 7.79. The summed E-state index contributed by atoms with van der Waals surface area (Å²) in [6, 6.07) is 2.51. The van der Waals surface area contributed by atoms with Crippen molar-refractivity contribution in [3.8, 4) is 5.75 Å². The molecule has 0 spiro atoms. The van der Waals surface area contributed by atoms with Gasteiger partial charge in [-0.05, 0) is 6.07 Å². The molecule has 196 valence electrons. The van der Waals surface area contributed by atoms with E-state index in [1.54, 1.807) is 0 Å². The summed E-state index contributed by atoms with van der Waals surface area (Å²) < 4.78 is 21.3. The van der Waals surface area contributed by atoms with Crippen molar-refractivity contribution in [1.29, 1.82) is 0 Å². The highest BCUT2D eigenvalue weighted by atomic mass is 16.7. The third kappa shape index (κ3) is 5.48. The van der Waals surface area contributed by atoms with E-state index in [4.69, 9.17) is 18.9 Å². The average molecular weight is 508 g/mol. The molecule has 17 heteroatoms. The number of nitro groups is 2. The summed E-state index contributed by atoms with van der Waals surface area (Å²) in [5, 5.41) is 91.9. The minimum absolute atomic E-state index is 0.330. The molecule has 0 unspecified atom stereocenters. The van der Waals surface area contributed by atoms with Gasteiger partial charge in [-0.2, -0.15) is 0 Å². The molecule has 10 atom stereocenters. The topological polar surface area (TPSA) is 265 Å². The van der Waals surface area contributed by atoms with E-state index in [-0.39, 0.29) is 5.75 Å². The summed E-state index contributed by atoms with van der Waals surface area (Å²) in [5.74, 6) is -0.330.